The van der Waals surface area contributed by atoms with Crippen molar-refractivity contribution in [2.24, 2.45) is 15.2 Å². The number of hydrogen-bond donors (Lipinski definition) is 0. The minimum Gasteiger partial charge on any atom is -0.872 e. The van der Waals surface area contributed by atoms with Crippen molar-refractivity contribution < 1.29 is 110 Å². The van der Waals surface area contributed by atoms with Gasteiger partial charge in [0.1, 0.15) is 25.9 Å². The quantitative estimate of drug-likeness (QED) is 0.0788. The van der Waals surface area contributed by atoms with Crippen molar-refractivity contribution in [1.82, 2.24) is 0 Å². The summed E-state index contributed by atoms with van der Waals surface area (Å²) in [6, 6.07) is 7.27. The van der Waals surface area contributed by atoms with Crippen LogP contribution in [0.5, 0.6) is 11.5 Å². The van der Waals surface area contributed by atoms with E-state index in [1.54, 1.807) is 0 Å². The third-order valence-electron chi connectivity index (χ3n) is 4.32. The molecule has 0 fully saturated rings. The van der Waals surface area contributed by atoms with Crippen molar-refractivity contribution in [2.45, 2.75) is 9.79 Å². The Kier molecular flexibility index (Phi) is 12.2. The zero-order valence-electron chi connectivity index (χ0n) is 18.7. The molecule has 38 heavy (non-hydrogen) atoms. The predicted molar refractivity (Wildman–Crippen MR) is 117 cm³/mol. The van der Waals surface area contributed by atoms with Gasteiger partial charge in [-0.2, -0.15) is 5.11 Å². The molecule has 0 amide bonds. The molecule has 0 aliphatic rings. The molecule has 3 aromatic rings. The maximum absolute atomic E-state index is 12.2. The Morgan fingerprint density at radius 1 is 0.868 bits per heavy atom. The molecule has 0 unspecified atom stereocenters. The van der Waals surface area contributed by atoms with E-state index in [1.807, 2.05) is 0 Å². The van der Waals surface area contributed by atoms with Gasteiger partial charge in [0.25, 0.3) is 5.69 Å². The van der Waals surface area contributed by atoms with E-state index < -0.39 is 57.8 Å². The minimum absolute atomic E-state index is 0. The largest absolute Gasteiger partial charge is 3.00 e. The summed E-state index contributed by atoms with van der Waals surface area (Å²) in [5, 5.41) is 42.9. The first kappa shape index (κ1) is 34.2. The first-order valence-electron chi connectivity index (χ1n) is 9.14. The van der Waals surface area contributed by atoms with E-state index in [0.29, 0.717) is 12.1 Å². The van der Waals surface area contributed by atoms with Gasteiger partial charge in [-0.1, -0.05) is 29.2 Å². The van der Waals surface area contributed by atoms with E-state index >= 15 is 0 Å². The molecule has 0 aliphatic carbocycles. The van der Waals surface area contributed by atoms with E-state index in [9.17, 15) is 46.3 Å². The number of benzene rings is 3. The first-order chi connectivity index (χ1) is 16.7. The van der Waals surface area contributed by atoms with Crippen LogP contribution < -0.4 is 61.6 Å². The summed E-state index contributed by atoms with van der Waals surface area (Å²) in [6.07, 6.45) is 0.792. The van der Waals surface area contributed by atoms with Crippen molar-refractivity contribution in [1.29, 1.82) is 0 Å². The first-order valence-corrected chi connectivity index (χ1v) is 12.3. The van der Waals surface area contributed by atoms with Crippen LogP contribution in [-0.2, 0) is 37.6 Å². The predicted octanol–water partition coefficient (Wildman–Crippen LogP) is -0.629. The fourth-order valence-corrected chi connectivity index (χ4v) is 3.88. The molecule has 1 radical (unpaired) electrons. The number of rotatable bonds is 7. The molecule has 3 rings (SSSR count). The molecule has 19 heteroatoms. The average molecular weight is 644 g/mol. The number of halogens is 1. The van der Waals surface area contributed by atoms with Gasteiger partial charge in [-0.25, -0.2) is 16.8 Å². The van der Waals surface area contributed by atoms with E-state index in [4.69, 9.17) is 11.6 Å². The molecule has 3 aromatic carbocycles. The zero-order chi connectivity index (χ0) is 26.8. The molecule has 0 saturated carbocycles. The Hall–Kier alpha value is -1.79. The van der Waals surface area contributed by atoms with Crippen LogP contribution in [0.4, 0.5) is 22.7 Å². The van der Waals surface area contributed by atoms with Crippen molar-refractivity contribution in [3.63, 3.8) is 0 Å². The van der Waals surface area contributed by atoms with Gasteiger partial charge >= 0.3 is 68.7 Å². The summed E-state index contributed by atoms with van der Waals surface area (Å²) in [5.74, 6) is -2.05. The summed E-state index contributed by atoms with van der Waals surface area (Å²) < 4.78 is 67.3. The second-order valence-corrected chi connectivity index (χ2v) is 9.89. The van der Waals surface area contributed by atoms with Crippen molar-refractivity contribution in [3.05, 3.63) is 69.2 Å². The van der Waals surface area contributed by atoms with Gasteiger partial charge in [-0.05, 0) is 35.9 Å². The number of aliphatic imine (C=N–C) groups is 1. The van der Waals surface area contributed by atoms with Crippen LogP contribution in [0.25, 0.3) is 0 Å². The molecule has 0 bridgehead atoms. The van der Waals surface area contributed by atoms with Crippen LogP contribution in [0.15, 0.2) is 73.5 Å². The van der Waals surface area contributed by atoms with Crippen molar-refractivity contribution >= 4 is 60.8 Å². The van der Waals surface area contributed by atoms with Crippen LogP contribution in [0.2, 0.25) is 5.02 Å². The van der Waals surface area contributed by atoms with Gasteiger partial charge < -0.3 is 19.3 Å². The summed E-state index contributed by atoms with van der Waals surface area (Å²) in [7, 11) is -10.1. The smallest absolute Gasteiger partial charge is 0.872 e. The van der Waals surface area contributed by atoms with Gasteiger partial charge in [0.05, 0.1) is 31.1 Å². The standard InChI is InChI=1S/C19H13ClN4O10S2.Cr.K/c20-14-3-2-13(35(29,30)31)8-15(14)23-22-11-1-4-17(25)10(5-11)9-21-16-6-12(24(27)28)7-18(19(16)26)36(32,33)34;;/h1-9,25-26H,(H,29,30,31)(H,32,33,34);;/q;+3;+1/p-4. The molecule has 0 atom stereocenters. The molecule has 0 heterocycles. The Bertz CT molecular complexity index is 1670. The minimum atomic E-state index is -5.36. The van der Waals surface area contributed by atoms with Gasteiger partial charge in [-0.3, -0.25) is 15.1 Å². The second-order valence-electron chi connectivity index (χ2n) is 6.75. The van der Waals surface area contributed by atoms with Crippen molar-refractivity contribution in [3.8, 4) is 11.5 Å². The molecular weight excluding hydrogens is 635 g/mol. The number of non-ortho nitro benzene ring substituents is 1. The number of nitro benzene ring substituents is 1. The van der Waals surface area contributed by atoms with Crippen LogP contribution in [-0.4, -0.2) is 37.1 Å². The summed E-state index contributed by atoms with van der Waals surface area (Å²) in [4.78, 5) is 11.6. The van der Waals surface area contributed by atoms with Gasteiger partial charge in [-0.15, -0.1) is 5.11 Å². The van der Waals surface area contributed by atoms with E-state index in [1.165, 1.54) is 6.07 Å². The number of nitrogens with zero attached hydrogens (tertiary/aromatic N) is 4. The Morgan fingerprint density at radius 3 is 2.11 bits per heavy atom. The molecule has 0 aromatic heterocycles. The zero-order valence-corrected chi connectivity index (χ0v) is 25.5. The number of hydrogen-bond acceptors (Lipinski definition) is 13. The Morgan fingerprint density at radius 2 is 1.53 bits per heavy atom. The second kappa shape index (κ2) is 13.5. The van der Waals surface area contributed by atoms with Gasteiger partial charge in [0.2, 0.25) is 0 Å². The van der Waals surface area contributed by atoms with Crippen LogP contribution in [0, 0.1) is 10.1 Å². The van der Waals surface area contributed by atoms with E-state index in [2.05, 4.69) is 15.2 Å². The Labute approximate surface area is 273 Å². The van der Waals surface area contributed by atoms with Crippen LogP contribution >= 0.6 is 11.6 Å². The van der Waals surface area contributed by atoms with Crippen LogP contribution in [0.3, 0.4) is 0 Å². The summed E-state index contributed by atoms with van der Waals surface area (Å²) in [5.41, 5.74) is -2.06. The number of nitro groups is 1. The molecule has 0 aliphatic heterocycles. The van der Waals surface area contributed by atoms with Gasteiger partial charge in [0.15, 0.2) is 0 Å². The summed E-state index contributed by atoms with van der Waals surface area (Å²) in [6.45, 7) is 0. The molecular formula is C19H9ClCrKN4O10S2. The molecule has 14 nitrogen and oxygen atoms in total. The number of azo groups is 1. The van der Waals surface area contributed by atoms with Crippen LogP contribution in [0.1, 0.15) is 5.56 Å². The fourth-order valence-electron chi connectivity index (χ4n) is 2.63. The maximum atomic E-state index is 12.2. The average Bonchev–Trinajstić information content (AvgIpc) is 2.77. The van der Waals surface area contributed by atoms with Crippen molar-refractivity contribution in [2.75, 3.05) is 0 Å². The SMILES string of the molecule is O=[N+]([O-])c1cc(N=Cc2cc(N=Nc3cc(S(=O)(=O)[O-])ccc3Cl)ccc2[O-])c([O-])c(S(=O)(=O)[O-])c1.[Cr+3].[K+]. The van der Waals surface area contributed by atoms with Gasteiger partial charge in [0, 0.05) is 18.3 Å². The van der Waals surface area contributed by atoms with E-state index in [0.717, 1.165) is 36.5 Å². The normalized spacial score (nSPS) is 11.8. The summed E-state index contributed by atoms with van der Waals surface area (Å²) >= 11 is 5.92. The third kappa shape index (κ3) is 8.61. The molecule has 0 N–H and O–H groups in total. The fraction of sp³-hybridized carbons (Fsp3) is 0. The van der Waals surface area contributed by atoms with E-state index in [-0.39, 0.29) is 90.7 Å². The molecule has 0 saturated heterocycles. The Balaban J connectivity index is 0.00000361. The third-order valence-corrected chi connectivity index (χ3v) is 6.31. The topological polar surface area (TPSA) is 241 Å². The maximum Gasteiger partial charge on any atom is 3.00 e. The molecule has 191 valence electrons. The molecule has 0 spiro atoms. The monoisotopic (exact) mass is 643 g/mol.